The second-order valence-electron chi connectivity index (χ2n) is 5.41. The molecule has 1 saturated heterocycles. The number of aromatic nitrogens is 1. The minimum atomic E-state index is -0.0358. The fourth-order valence-electron chi connectivity index (χ4n) is 2.50. The molecule has 0 unspecified atom stereocenters. The van der Waals surface area contributed by atoms with Crippen LogP contribution in [0.2, 0.25) is 0 Å². The second-order valence-corrected chi connectivity index (χ2v) is 5.41. The Morgan fingerprint density at radius 1 is 1.48 bits per heavy atom. The van der Waals surface area contributed by atoms with Gasteiger partial charge in [0.1, 0.15) is 0 Å². The van der Waals surface area contributed by atoms with E-state index in [1.165, 1.54) is 0 Å². The van der Waals surface area contributed by atoms with E-state index in [-0.39, 0.29) is 18.3 Å². The molecule has 0 radical (unpaired) electrons. The molecule has 1 aliphatic heterocycles. The highest BCUT2D eigenvalue weighted by Gasteiger charge is 2.20. The van der Waals surface area contributed by atoms with E-state index in [0.717, 1.165) is 50.6 Å². The highest BCUT2D eigenvalue weighted by atomic mass is 35.5. The molecule has 2 N–H and O–H groups in total. The Morgan fingerprint density at radius 3 is 2.76 bits per heavy atom. The van der Waals surface area contributed by atoms with Crippen LogP contribution >= 0.6 is 12.4 Å². The van der Waals surface area contributed by atoms with Crippen molar-refractivity contribution in [3.63, 3.8) is 0 Å². The van der Waals surface area contributed by atoms with Crippen molar-refractivity contribution in [3.05, 3.63) is 11.8 Å². The summed E-state index contributed by atoms with van der Waals surface area (Å²) in [6.45, 7) is 8.47. The molecular weight excluding hydrogens is 292 g/mol. The van der Waals surface area contributed by atoms with Crippen LogP contribution in [0.3, 0.4) is 0 Å². The Labute approximate surface area is 132 Å². The summed E-state index contributed by atoms with van der Waals surface area (Å²) in [5.74, 6) is 1.13. The summed E-state index contributed by atoms with van der Waals surface area (Å²) in [5, 5.41) is 9.87. The first-order chi connectivity index (χ1) is 9.67. The van der Waals surface area contributed by atoms with Gasteiger partial charge in [0.2, 0.25) is 11.8 Å². The molecule has 0 aliphatic carbocycles. The van der Waals surface area contributed by atoms with Crippen LogP contribution in [0.4, 0.5) is 5.88 Å². The maximum Gasteiger partial charge on any atom is 0.240 e. The van der Waals surface area contributed by atoms with Crippen LogP contribution in [0.5, 0.6) is 0 Å². The Kier molecular flexibility index (Phi) is 7.71. The van der Waals surface area contributed by atoms with Crippen molar-refractivity contribution in [1.82, 2.24) is 15.4 Å². The number of hydrogen-bond acceptors (Lipinski definition) is 5. The monoisotopic (exact) mass is 316 g/mol. The van der Waals surface area contributed by atoms with Crippen molar-refractivity contribution in [3.8, 4) is 0 Å². The largest absolute Gasteiger partial charge is 0.338 e. The zero-order valence-corrected chi connectivity index (χ0v) is 13.5. The SMILES string of the molecule is CCNCC1CCN(CC(=O)Nc2cc(C)no2)CC1.Cl. The lowest BCUT2D eigenvalue weighted by molar-refractivity contribution is -0.117. The van der Waals surface area contributed by atoms with Gasteiger partial charge in [-0.1, -0.05) is 12.1 Å². The number of carbonyl (C=O) groups is 1. The van der Waals surface area contributed by atoms with Crippen LogP contribution in [-0.2, 0) is 4.79 Å². The number of aryl methyl sites for hydroxylation is 1. The quantitative estimate of drug-likeness (QED) is 0.835. The zero-order chi connectivity index (χ0) is 14.4. The number of likely N-dealkylation sites (tertiary alicyclic amines) is 1. The predicted molar refractivity (Wildman–Crippen MR) is 84.8 cm³/mol. The summed E-state index contributed by atoms with van der Waals surface area (Å²) in [7, 11) is 0. The van der Waals surface area contributed by atoms with Crippen LogP contribution in [0.1, 0.15) is 25.5 Å². The highest BCUT2D eigenvalue weighted by molar-refractivity contribution is 5.90. The van der Waals surface area contributed by atoms with Crippen LogP contribution in [-0.4, -0.2) is 48.7 Å². The number of hydrogen-bond donors (Lipinski definition) is 2. The molecule has 1 aromatic rings. The van der Waals surface area contributed by atoms with Crippen molar-refractivity contribution in [2.45, 2.75) is 26.7 Å². The molecule has 2 heterocycles. The molecule has 0 atom stereocenters. The molecule has 0 bridgehead atoms. The average Bonchev–Trinajstić information content (AvgIpc) is 2.83. The van der Waals surface area contributed by atoms with Crippen LogP contribution in [0.25, 0.3) is 0 Å². The van der Waals surface area contributed by atoms with Gasteiger partial charge in [0.25, 0.3) is 0 Å². The van der Waals surface area contributed by atoms with Crippen LogP contribution < -0.4 is 10.6 Å². The number of rotatable bonds is 6. The van der Waals surface area contributed by atoms with Gasteiger partial charge in [-0.2, -0.15) is 0 Å². The van der Waals surface area contributed by atoms with Gasteiger partial charge in [0.15, 0.2) is 0 Å². The van der Waals surface area contributed by atoms with Gasteiger partial charge < -0.3 is 9.84 Å². The third-order valence-electron chi connectivity index (χ3n) is 3.65. The molecule has 1 amide bonds. The third kappa shape index (κ3) is 6.03. The van der Waals surface area contributed by atoms with E-state index in [9.17, 15) is 4.79 Å². The van der Waals surface area contributed by atoms with E-state index < -0.39 is 0 Å². The minimum Gasteiger partial charge on any atom is -0.338 e. The Hall–Kier alpha value is -1.11. The van der Waals surface area contributed by atoms with Crippen LogP contribution in [0.15, 0.2) is 10.6 Å². The first-order valence-electron chi connectivity index (χ1n) is 7.33. The first kappa shape index (κ1) is 17.9. The second kappa shape index (κ2) is 9.02. The van der Waals surface area contributed by atoms with Crippen molar-refractivity contribution in [2.75, 3.05) is 38.0 Å². The van der Waals surface area contributed by atoms with Gasteiger partial charge in [-0.25, -0.2) is 0 Å². The lowest BCUT2D eigenvalue weighted by atomic mass is 9.97. The Morgan fingerprint density at radius 2 is 2.19 bits per heavy atom. The Balaban J connectivity index is 0.00000220. The van der Waals surface area contributed by atoms with Crippen molar-refractivity contribution in [1.29, 1.82) is 0 Å². The molecule has 21 heavy (non-hydrogen) atoms. The zero-order valence-electron chi connectivity index (χ0n) is 12.7. The number of halogens is 1. The topological polar surface area (TPSA) is 70.4 Å². The summed E-state index contributed by atoms with van der Waals surface area (Å²) >= 11 is 0. The fraction of sp³-hybridized carbons (Fsp3) is 0.714. The number of piperidine rings is 1. The summed E-state index contributed by atoms with van der Waals surface area (Å²) in [4.78, 5) is 14.1. The molecule has 0 saturated carbocycles. The van der Waals surface area contributed by atoms with Crippen molar-refractivity contribution in [2.24, 2.45) is 5.92 Å². The summed E-state index contributed by atoms with van der Waals surface area (Å²) in [6, 6.07) is 1.72. The molecule has 1 aliphatic rings. The maximum atomic E-state index is 11.9. The first-order valence-corrected chi connectivity index (χ1v) is 7.33. The minimum absolute atomic E-state index is 0. The number of nitrogens with zero attached hydrogens (tertiary/aromatic N) is 2. The predicted octanol–water partition coefficient (Wildman–Crippen LogP) is 1.66. The normalized spacial score (nSPS) is 16.5. The molecule has 7 heteroatoms. The van der Waals surface area contributed by atoms with Gasteiger partial charge in [0.05, 0.1) is 12.2 Å². The molecule has 120 valence electrons. The molecule has 2 rings (SSSR count). The fourth-order valence-corrected chi connectivity index (χ4v) is 2.50. The molecular formula is C14H25ClN4O2. The standard InChI is InChI=1S/C14H24N4O2.ClH/c1-3-15-9-12-4-6-18(7-5-12)10-13(19)16-14-8-11(2)17-20-14;/h8,12,15H,3-7,9-10H2,1-2H3,(H,16,19);1H. The molecule has 6 nitrogen and oxygen atoms in total. The van der Waals surface area contributed by atoms with E-state index in [1.807, 2.05) is 6.92 Å². The Bertz CT molecular complexity index is 430. The number of anilines is 1. The van der Waals surface area contributed by atoms with Crippen molar-refractivity contribution < 1.29 is 9.32 Å². The lowest BCUT2D eigenvalue weighted by Crippen LogP contribution is -2.41. The smallest absolute Gasteiger partial charge is 0.240 e. The highest BCUT2D eigenvalue weighted by Crippen LogP contribution is 2.16. The van der Waals surface area contributed by atoms with E-state index >= 15 is 0 Å². The maximum absolute atomic E-state index is 11.9. The molecule has 0 aromatic carbocycles. The molecule has 1 aromatic heterocycles. The van der Waals surface area contributed by atoms with E-state index in [0.29, 0.717) is 12.4 Å². The van der Waals surface area contributed by atoms with E-state index in [1.54, 1.807) is 6.07 Å². The van der Waals surface area contributed by atoms with Gasteiger partial charge in [0, 0.05) is 6.07 Å². The van der Waals surface area contributed by atoms with E-state index in [4.69, 9.17) is 4.52 Å². The summed E-state index contributed by atoms with van der Waals surface area (Å²) in [6.07, 6.45) is 2.31. The van der Waals surface area contributed by atoms with Crippen molar-refractivity contribution >= 4 is 24.2 Å². The number of nitrogens with one attached hydrogen (secondary N) is 2. The summed E-state index contributed by atoms with van der Waals surface area (Å²) in [5.41, 5.74) is 0.768. The van der Waals surface area contributed by atoms with E-state index in [2.05, 4.69) is 27.6 Å². The average molecular weight is 317 g/mol. The number of amides is 1. The van der Waals surface area contributed by atoms with Gasteiger partial charge in [-0.15, -0.1) is 12.4 Å². The molecule has 1 fully saturated rings. The lowest BCUT2D eigenvalue weighted by Gasteiger charge is -2.31. The van der Waals surface area contributed by atoms with Gasteiger partial charge in [-0.3, -0.25) is 15.0 Å². The summed E-state index contributed by atoms with van der Waals surface area (Å²) < 4.78 is 4.98. The van der Waals surface area contributed by atoms with Crippen LogP contribution in [0, 0.1) is 12.8 Å². The van der Waals surface area contributed by atoms with Gasteiger partial charge in [-0.05, 0) is 51.9 Å². The van der Waals surface area contributed by atoms with Gasteiger partial charge >= 0.3 is 0 Å². The third-order valence-corrected chi connectivity index (χ3v) is 3.65. The number of carbonyl (C=O) groups excluding carboxylic acids is 1. The molecule has 0 spiro atoms.